The molecule has 198 valence electrons. The zero-order chi connectivity index (χ0) is 26.5. The smallest absolute Gasteiger partial charge is 0.419 e. The number of hydrogen-bond donors (Lipinski definition) is 1. The van der Waals surface area contributed by atoms with Gasteiger partial charge in [-0.3, -0.25) is 9.59 Å². The van der Waals surface area contributed by atoms with Crippen LogP contribution >= 0.6 is 0 Å². The van der Waals surface area contributed by atoms with Gasteiger partial charge in [0.2, 0.25) is 5.91 Å². The van der Waals surface area contributed by atoms with Crippen LogP contribution in [-0.2, 0) is 11.0 Å². The molecule has 5 rings (SSSR count). The van der Waals surface area contributed by atoms with Gasteiger partial charge in [0.15, 0.2) is 0 Å². The molecule has 2 saturated heterocycles. The lowest BCUT2D eigenvalue weighted by molar-refractivity contribution is -0.140. The van der Waals surface area contributed by atoms with Gasteiger partial charge in [0, 0.05) is 62.5 Å². The minimum Gasteiger partial charge on any atom is -0.494 e. The van der Waals surface area contributed by atoms with Crippen molar-refractivity contribution in [1.82, 2.24) is 9.80 Å². The van der Waals surface area contributed by atoms with Gasteiger partial charge in [0.1, 0.15) is 11.6 Å². The number of halogens is 4. The fourth-order valence-electron chi connectivity index (χ4n) is 5.40. The van der Waals surface area contributed by atoms with Crippen LogP contribution in [0, 0.1) is 23.6 Å². The number of nitrogens with zero attached hydrogens (tertiary/aromatic N) is 3. The molecule has 1 N–H and O–H groups in total. The minimum atomic E-state index is -4.82. The zero-order valence-corrected chi connectivity index (χ0v) is 20.5. The number of rotatable bonds is 5. The van der Waals surface area contributed by atoms with E-state index in [2.05, 4.69) is 22.2 Å². The third-order valence-electron chi connectivity index (χ3n) is 7.62. The van der Waals surface area contributed by atoms with Crippen LogP contribution in [0.5, 0.6) is 5.75 Å². The molecular formula is C26H28F4N4O3. The Kier molecular flexibility index (Phi) is 6.51. The van der Waals surface area contributed by atoms with Crippen molar-refractivity contribution in [1.29, 1.82) is 0 Å². The van der Waals surface area contributed by atoms with Gasteiger partial charge in [0.05, 0.1) is 18.4 Å². The lowest BCUT2D eigenvalue weighted by Crippen LogP contribution is -2.44. The van der Waals surface area contributed by atoms with Crippen molar-refractivity contribution in [2.24, 2.45) is 17.8 Å². The summed E-state index contributed by atoms with van der Waals surface area (Å²) >= 11 is 0. The summed E-state index contributed by atoms with van der Waals surface area (Å²) < 4.78 is 57.8. The highest BCUT2D eigenvalue weighted by atomic mass is 19.4. The molecule has 11 heteroatoms. The van der Waals surface area contributed by atoms with Crippen molar-refractivity contribution >= 4 is 23.2 Å². The molecule has 2 amide bonds. The zero-order valence-electron chi connectivity index (χ0n) is 20.5. The van der Waals surface area contributed by atoms with Gasteiger partial charge in [-0.2, -0.15) is 13.2 Å². The number of piperazine rings is 1. The van der Waals surface area contributed by atoms with E-state index in [1.54, 1.807) is 7.11 Å². The number of anilines is 2. The Morgan fingerprint density at radius 2 is 1.68 bits per heavy atom. The predicted octanol–water partition coefficient (Wildman–Crippen LogP) is 3.56. The van der Waals surface area contributed by atoms with E-state index in [0.717, 1.165) is 37.9 Å². The number of ether oxygens (including phenoxy) is 1. The molecule has 0 bridgehead atoms. The molecule has 0 aromatic heterocycles. The lowest BCUT2D eigenvalue weighted by Gasteiger charge is -2.34. The largest absolute Gasteiger partial charge is 0.494 e. The van der Waals surface area contributed by atoms with E-state index < -0.39 is 23.5 Å². The molecule has 2 aromatic carbocycles. The van der Waals surface area contributed by atoms with Gasteiger partial charge >= 0.3 is 6.18 Å². The van der Waals surface area contributed by atoms with Gasteiger partial charge in [-0.25, -0.2) is 4.39 Å². The highest BCUT2D eigenvalue weighted by molar-refractivity contribution is 5.98. The van der Waals surface area contributed by atoms with E-state index in [1.807, 2.05) is 18.2 Å². The van der Waals surface area contributed by atoms with Gasteiger partial charge < -0.3 is 24.8 Å². The highest BCUT2D eigenvalue weighted by Gasteiger charge is 2.60. The summed E-state index contributed by atoms with van der Waals surface area (Å²) in [6.45, 7) is 4.35. The molecule has 1 aliphatic carbocycles. The maximum atomic E-state index is 13.9. The minimum absolute atomic E-state index is 0.0427. The Labute approximate surface area is 212 Å². The normalized spacial score (nSPS) is 23.6. The third-order valence-corrected chi connectivity index (χ3v) is 7.62. The van der Waals surface area contributed by atoms with Crippen LogP contribution in [0.4, 0.5) is 28.9 Å². The summed E-state index contributed by atoms with van der Waals surface area (Å²) in [6, 6.07) is 7.90. The topological polar surface area (TPSA) is 65.1 Å². The highest BCUT2D eigenvalue weighted by Crippen LogP contribution is 2.52. The molecule has 3 fully saturated rings. The van der Waals surface area contributed by atoms with Gasteiger partial charge in [-0.15, -0.1) is 0 Å². The van der Waals surface area contributed by atoms with E-state index in [-0.39, 0.29) is 29.2 Å². The van der Waals surface area contributed by atoms with Crippen molar-refractivity contribution in [2.75, 3.05) is 63.6 Å². The number of piperidine rings is 1. The number of nitrogens with one attached hydrogen (secondary N) is 1. The Bertz CT molecular complexity index is 1200. The van der Waals surface area contributed by atoms with Gasteiger partial charge in [-0.1, -0.05) is 0 Å². The third kappa shape index (κ3) is 4.96. The van der Waals surface area contributed by atoms with Crippen LogP contribution in [0.25, 0.3) is 0 Å². The van der Waals surface area contributed by atoms with E-state index in [4.69, 9.17) is 4.74 Å². The first-order valence-electron chi connectivity index (χ1n) is 12.1. The summed E-state index contributed by atoms with van der Waals surface area (Å²) in [4.78, 5) is 31.7. The second-order valence-electron chi connectivity index (χ2n) is 9.92. The SMILES string of the molecule is COc1cc(N2CCN(C)CC2)ccc1NC(=O)C1C2CN(C(=O)c3ccc(C(F)(F)F)c(F)c3)CC21. The Hall–Kier alpha value is -3.34. The Morgan fingerprint density at radius 3 is 2.27 bits per heavy atom. The number of likely N-dealkylation sites (N-methyl/N-ethyl adjacent to an activating group) is 1. The van der Waals surface area contributed by atoms with Crippen molar-refractivity contribution < 1.29 is 31.9 Å². The molecule has 2 aromatic rings. The van der Waals surface area contributed by atoms with Crippen LogP contribution in [0.2, 0.25) is 0 Å². The van der Waals surface area contributed by atoms with Crippen LogP contribution in [-0.4, -0.2) is 75.0 Å². The lowest BCUT2D eigenvalue weighted by atomic mass is 10.1. The molecule has 0 spiro atoms. The van der Waals surface area contributed by atoms with E-state index in [1.165, 1.54) is 4.90 Å². The second-order valence-corrected chi connectivity index (χ2v) is 9.92. The molecule has 2 unspecified atom stereocenters. The summed E-state index contributed by atoms with van der Waals surface area (Å²) in [7, 11) is 3.64. The number of hydrogen-bond acceptors (Lipinski definition) is 5. The Morgan fingerprint density at radius 1 is 1.00 bits per heavy atom. The molecule has 37 heavy (non-hydrogen) atoms. The van der Waals surface area contributed by atoms with Crippen molar-refractivity contribution in [2.45, 2.75) is 6.18 Å². The molecular weight excluding hydrogens is 492 g/mol. The van der Waals surface area contributed by atoms with E-state index >= 15 is 0 Å². The van der Waals surface area contributed by atoms with Crippen LogP contribution in [0.1, 0.15) is 15.9 Å². The standard InChI is InChI=1S/C26H28F4N4O3/c1-32-7-9-33(10-8-32)16-4-6-21(22(12-16)37-2)31-24(35)23-17-13-34(14-18(17)23)25(36)15-3-5-19(20(27)11-15)26(28,29)30/h3-6,11-12,17-18,23H,7-10,13-14H2,1-2H3,(H,31,35). The number of amides is 2. The molecule has 2 atom stereocenters. The number of likely N-dealkylation sites (tertiary alicyclic amines) is 1. The first-order valence-corrected chi connectivity index (χ1v) is 12.1. The first kappa shape index (κ1) is 25.3. The maximum absolute atomic E-state index is 13.9. The maximum Gasteiger partial charge on any atom is 0.419 e. The van der Waals surface area contributed by atoms with Gasteiger partial charge in [-0.05, 0) is 49.2 Å². The van der Waals surface area contributed by atoms with Gasteiger partial charge in [0.25, 0.3) is 5.91 Å². The average Bonchev–Trinajstić information content (AvgIpc) is 3.37. The van der Waals surface area contributed by atoms with Crippen molar-refractivity contribution in [3.05, 3.63) is 53.3 Å². The van der Waals surface area contributed by atoms with Crippen LogP contribution < -0.4 is 15.0 Å². The number of alkyl halides is 3. The first-order chi connectivity index (χ1) is 17.6. The van der Waals surface area contributed by atoms with Crippen molar-refractivity contribution in [3.8, 4) is 5.75 Å². The summed E-state index contributed by atoms with van der Waals surface area (Å²) in [5, 5.41) is 2.94. The second kappa shape index (κ2) is 9.51. The predicted molar refractivity (Wildman–Crippen MR) is 129 cm³/mol. The molecule has 2 aliphatic heterocycles. The molecule has 0 radical (unpaired) electrons. The van der Waals surface area contributed by atoms with Crippen molar-refractivity contribution in [3.63, 3.8) is 0 Å². The molecule has 1 saturated carbocycles. The molecule has 7 nitrogen and oxygen atoms in total. The van der Waals surface area contributed by atoms with E-state index in [0.29, 0.717) is 36.7 Å². The molecule has 2 heterocycles. The van der Waals surface area contributed by atoms with Crippen LogP contribution in [0.3, 0.4) is 0 Å². The number of fused-ring (bicyclic) bond motifs is 1. The molecule has 3 aliphatic rings. The number of carbonyl (C=O) groups is 2. The summed E-state index contributed by atoms with van der Waals surface area (Å²) in [6.07, 6.45) is -4.82. The Balaban J connectivity index is 1.18. The van der Waals surface area contributed by atoms with E-state index in [9.17, 15) is 27.2 Å². The number of benzene rings is 2. The van der Waals surface area contributed by atoms with Crippen LogP contribution in [0.15, 0.2) is 36.4 Å². The quantitative estimate of drug-likeness (QED) is 0.611. The summed E-state index contributed by atoms with van der Waals surface area (Å²) in [5.41, 5.74) is 0.0543. The summed E-state index contributed by atoms with van der Waals surface area (Å²) in [5.74, 6) is -1.97. The fourth-order valence-corrected chi connectivity index (χ4v) is 5.40. The monoisotopic (exact) mass is 520 g/mol. The average molecular weight is 521 g/mol. The number of methoxy groups -OCH3 is 1. The number of carbonyl (C=O) groups excluding carboxylic acids is 2. The fraction of sp³-hybridized carbons (Fsp3) is 0.462.